The Morgan fingerprint density at radius 1 is 1.26 bits per heavy atom. The van der Waals surface area contributed by atoms with Crippen molar-refractivity contribution in [2.24, 2.45) is 4.99 Å². The summed E-state index contributed by atoms with van der Waals surface area (Å²) in [7, 11) is 3.52. The number of likely N-dealkylation sites (tertiary alicyclic amines) is 1. The van der Waals surface area contributed by atoms with E-state index in [0.29, 0.717) is 0 Å². The molecule has 1 aliphatic rings. The van der Waals surface area contributed by atoms with Gasteiger partial charge in [-0.3, -0.25) is 4.79 Å². The molecule has 0 atom stereocenters. The molecule has 1 rings (SSSR count). The van der Waals surface area contributed by atoms with Crippen molar-refractivity contribution in [2.45, 2.75) is 32.6 Å². The van der Waals surface area contributed by atoms with Crippen molar-refractivity contribution in [2.75, 3.05) is 40.3 Å². The summed E-state index contributed by atoms with van der Waals surface area (Å²) in [5.41, 5.74) is 0. The number of nitrogens with one attached hydrogen (secondary N) is 1. The third kappa shape index (κ3) is 6.98. The lowest BCUT2D eigenvalue weighted by atomic mass is 10.1. The van der Waals surface area contributed by atoms with Gasteiger partial charge in [-0.25, -0.2) is 4.99 Å². The molecule has 112 valence electrons. The maximum Gasteiger partial charge on any atom is 0.243 e. The molecular weight excluding hydrogens is 355 g/mol. The molecule has 1 saturated heterocycles. The number of hydrogen-bond acceptors (Lipinski definition) is 2. The van der Waals surface area contributed by atoms with E-state index in [1.165, 1.54) is 19.3 Å². The number of hydrogen-bond donors (Lipinski definition) is 1. The summed E-state index contributed by atoms with van der Waals surface area (Å²) < 4.78 is 0. The molecule has 0 radical (unpaired) electrons. The summed E-state index contributed by atoms with van der Waals surface area (Å²) in [5, 5.41) is 3.34. The average Bonchev–Trinajstić information content (AvgIpc) is 2.39. The van der Waals surface area contributed by atoms with Crippen LogP contribution in [0, 0.1) is 0 Å². The predicted molar refractivity (Wildman–Crippen MR) is 90.1 cm³/mol. The Balaban J connectivity index is 0.00000324. The van der Waals surface area contributed by atoms with E-state index in [1.807, 2.05) is 0 Å². The number of nitrogens with zero attached hydrogens (tertiary/aromatic N) is 3. The number of guanidine groups is 1. The number of carbonyl (C=O) groups is 1. The minimum absolute atomic E-state index is 0. The van der Waals surface area contributed by atoms with Gasteiger partial charge >= 0.3 is 0 Å². The Morgan fingerprint density at radius 2 is 1.89 bits per heavy atom. The summed E-state index contributed by atoms with van der Waals surface area (Å²) in [6.07, 6.45) is 4.80. The Bertz CT molecular complexity index is 288. The Labute approximate surface area is 133 Å². The van der Waals surface area contributed by atoms with Gasteiger partial charge in [-0.1, -0.05) is 6.92 Å². The zero-order valence-corrected chi connectivity index (χ0v) is 14.6. The Hall–Kier alpha value is -0.530. The summed E-state index contributed by atoms with van der Waals surface area (Å²) in [6, 6.07) is 0. The van der Waals surface area contributed by atoms with Crippen LogP contribution in [0.5, 0.6) is 0 Å². The van der Waals surface area contributed by atoms with Gasteiger partial charge in [0.15, 0.2) is 5.96 Å². The lowest BCUT2D eigenvalue weighted by Gasteiger charge is -2.30. The number of halogens is 1. The molecule has 1 amide bonds. The second-order valence-electron chi connectivity index (χ2n) is 4.90. The van der Waals surface area contributed by atoms with Crippen LogP contribution in [0.1, 0.15) is 32.6 Å². The molecule has 0 aromatic heterocycles. The van der Waals surface area contributed by atoms with Gasteiger partial charge in [0.25, 0.3) is 0 Å². The van der Waals surface area contributed by atoms with Crippen molar-refractivity contribution in [3.8, 4) is 0 Å². The standard InChI is InChI=1S/C13H26N4O.HI/c1-4-8-14-13(15-11-12(18)16(2)3)17-9-6-5-7-10-17;/h4-11H2,1-3H3,(H,14,15);1H. The third-order valence-corrected chi connectivity index (χ3v) is 3.05. The second-order valence-corrected chi connectivity index (χ2v) is 4.90. The molecule has 0 spiro atoms. The van der Waals surface area contributed by atoms with Crippen LogP contribution >= 0.6 is 24.0 Å². The van der Waals surface area contributed by atoms with Crippen molar-refractivity contribution in [3.63, 3.8) is 0 Å². The molecule has 6 heteroatoms. The van der Waals surface area contributed by atoms with Crippen LogP contribution in [0.4, 0.5) is 0 Å². The molecule has 0 unspecified atom stereocenters. The van der Waals surface area contributed by atoms with E-state index in [2.05, 4.69) is 22.1 Å². The van der Waals surface area contributed by atoms with Crippen LogP contribution in [0.2, 0.25) is 0 Å². The molecular formula is C13H27IN4O. The third-order valence-electron chi connectivity index (χ3n) is 3.05. The van der Waals surface area contributed by atoms with Crippen LogP contribution in [0.25, 0.3) is 0 Å². The molecule has 0 aromatic carbocycles. The largest absolute Gasteiger partial charge is 0.356 e. The predicted octanol–water partition coefficient (Wildman–Crippen LogP) is 1.53. The fraction of sp³-hybridized carbons (Fsp3) is 0.846. The van der Waals surface area contributed by atoms with E-state index in [9.17, 15) is 4.79 Å². The van der Waals surface area contributed by atoms with Crippen molar-refractivity contribution in [1.29, 1.82) is 0 Å². The van der Waals surface area contributed by atoms with Gasteiger partial charge in [0.2, 0.25) is 5.91 Å². The Kier molecular flexibility index (Phi) is 9.99. The van der Waals surface area contributed by atoms with Crippen molar-refractivity contribution in [1.82, 2.24) is 15.1 Å². The van der Waals surface area contributed by atoms with Crippen molar-refractivity contribution >= 4 is 35.8 Å². The van der Waals surface area contributed by atoms with Gasteiger partial charge in [0, 0.05) is 33.7 Å². The van der Waals surface area contributed by atoms with E-state index in [0.717, 1.165) is 32.0 Å². The summed E-state index contributed by atoms with van der Waals surface area (Å²) in [6.45, 7) is 5.37. The van der Waals surface area contributed by atoms with E-state index < -0.39 is 0 Å². The molecule has 1 N–H and O–H groups in total. The topological polar surface area (TPSA) is 47.9 Å². The maximum absolute atomic E-state index is 11.6. The molecule has 1 aliphatic heterocycles. The first-order chi connectivity index (χ1) is 8.65. The van der Waals surface area contributed by atoms with Gasteiger partial charge in [0.1, 0.15) is 6.54 Å². The number of piperidine rings is 1. The minimum atomic E-state index is 0. The van der Waals surface area contributed by atoms with Gasteiger partial charge in [-0.15, -0.1) is 24.0 Å². The monoisotopic (exact) mass is 382 g/mol. The van der Waals surface area contributed by atoms with Crippen molar-refractivity contribution in [3.05, 3.63) is 0 Å². The first-order valence-corrected chi connectivity index (χ1v) is 6.88. The van der Waals surface area contributed by atoms with E-state index in [1.54, 1.807) is 19.0 Å². The fourth-order valence-electron chi connectivity index (χ4n) is 1.89. The highest BCUT2D eigenvalue weighted by molar-refractivity contribution is 14.0. The quantitative estimate of drug-likeness (QED) is 0.456. The molecule has 1 heterocycles. The lowest BCUT2D eigenvalue weighted by Crippen LogP contribution is -2.45. The van der Waals surface area contributed by atoms with Crippen LogP contribution in [0.3, 0.4) is 0 Å². The molecule has 1 fully saturated rings. The highest BCUT2D eigenvalue weighted by Gasteiger charge is 2.14. The number of rotatable bonds is 4. The minimum Gasteiger partial charge on any atom is -0.356 e. The van der Waals surface area contributed by atoms with Crippen LogP contribution in [-0.2, 0) is 4.79 Å². The van der Waals surface area contributed by atoms with E-state index >= 15 is 0 Å². The molecule has 19 heavy (non-hydrogen) atoms. The normalized spacial score (nSPS) is 15.7. The zero-order valence-electron chi connectivity index (χ0n) is 12.3. The SMILES string of the molecule is CCCNC(=NCC(=O)N(C)C)N1CCCCC1.I. The van der Waals surface area contributed by atoms with E-state index in [-0.39, 0.29) is 36.4 Å². The number of aliphatic imine (C=N–C) groups is 1. The smallest absolute Gasteiger partial charge is 0.243 e. The van der Waals surface area contributed by atoms with Crippen LogP contribution in [0.15, 0.2) is 4.99 Å². The lowest BCUT2D eigenvalue weighted by molar-refractivity contribution is -0.127. The average molecular weight is 382 g/mol. The summed E-state index contributed by atoms with van der Waals surface area (Å²) in [4.78, 5) is 19.9. The van der Waals surface area contributed by atoms with Gasteiger partial charge in [0.05, 0.1) is 0 Å². The molecule has 0 aromatic rings. The van der Waals surface area contributed by atoms with Crippen LogP contribution < -0.4 is 5.32 Å². The number of likely N-dealkylation sites (N-methyl/N-ethyl adjacent to an activating group) is 1. The molecule has 0 bridgehead atoms. The highest BCUT2D eigenvalue weighted by Crippen LogP contribution is 2.08. The van der Waals surface area contributed by atoms with Crippen molar-refractivity contribution < 1.29 is 4.79 Å². The first kappa shape index (κ1) is 18.5. The molecule has 0 aliphatic carbocycles. The second kappa shape index (κ2) is 10.3. The molecule has 0 saturated carbocycles. The first-order valence-electron chi connectivity index (χ1n) is 6.88. The van der Waals surface area contributed by atoms with Gasteiger partial charge < -0.3 is 15.1 Å². The number of amides is 1. The maximum atomic E-state index is 11.6. The number of carbonyl (C=O) groups excluding carboxylic acids is 1. The van der Waals surface area contributed by atoms with Gasteiger partial charge in [-0.2, -0.15) is 0 Å². The molecule has 5 nitrogen and oxygen atoms in total. The van der Waals surface area contributed by atoms with Crippen LogP contribution in [-0.4, -0.2) is 61.9 Å². The summed E-state index contributed by atoms with van der Waals surface area (Å²) >= 11 is 0. The van der Waals surface area contributed by atoms with E-state index in [4.69, 9.17) is 0 Å². The Morgan fingerprint density at radius 3 is 2.42 bits per heavy atom. The zero-order chi connectivity index (χ0) is 13.4. The summed E-state index contributed by atoms with van der Waals surface area (Å²) in [5.74, 6) is 0.939. The van der Waals surface area contributed by atoms with Gasteiger partial charge in [-0.05, 0) is 25.7 Å². The highest BCUT2D eigenvalue weighted by atomic mass is 127. The fourth-order valence-corrected chi connectivity index (χ4v) is 1.89.